The minimum Gasteiger partial charge on any atom is -0.158 e. The van der Waals surface area contributed by atoms with E-state index in [9.17, 15) is 0 Å². The van der Waals surface area contributed by atoms with Gasteiger partial charge in [0.1, 0.15) is 0 Å². The van der Waals surface area contributed by atoms with Gasteiger partial charge in [0.05, 0.1) is 17.8 Å². The van der Waals surface area contributed by atoms with E-state index >= 15 is 0 Å². The Morgan fingerprint density at radius 1 is 1.07 bits per heavy atom. The van der Waals surface area contributed by atoms with Gasteiger partial charge in [-0.15, -0.1) is 11.6 Å². The van der Waals surface area contributed by atoms with Crippen LogP contribution in [0, 0.1) is 0 Å². The smallest absolute Gasteiger partial charge is 0.0784 e. The molecule has 0 spiro atoms. The average molecular weight is 205 g/mol. The molecule has 14 heavy (non-hydrogen) atoms. The lowest BCUT2D eigenvalue weighted by Gasteiger charge is -2.00. The summed E-state index contributed by atoms with van der Waals surface area (Å²) in [5.41, 5.74) is 2.98. The molecule has 0 saturated carbocycles. The monoisotopic (exact) mass is 204 g/mol. The summed E-state index contributed by atoms with van der Waals surface area (Å²) >= 11 is 5.68. The summed E-state index contributed by atoms with van der Waals surface area (Å²) in [5, 5.41) is 7.80. The Morgan fingerprint density at radius 2 is 1.86 bits per heavy atom. The standard InChI is InChI=1S/C11H9ClN2/c12-7-11-6-10(8-13-14-11)9-4-2-1-3-5-9/h1-6,8H,7H2. The van der Waals surface area contributed by atoms with Crippen molar-refractivity contribution in [1.29, 1.82) is 0 Å². The van der Waals surface area contributed by atoms with E-state index in [2.05, 4.69) is 10.2 Å². The molecule has 70 valence electrons. The van der Waals surface area contributed by atoms with Crippen molar-refractivity contribution in [2.45, 2.75) is 5.88 Å². The normalized spacial score (nSPS) is 10.1. The second kappa shape index (κ2) is 4.20. The molecular weight excluding hydrogens is 196 g/mol. The topological polar surface area (TPSA) is 25.8 Å². The molecule has 0 unspecified atom stereocenters. The van der Waals surface area contributed by atoms with Crippen LogP contribution in [0.25, 0.3) is 11.1 Å². The van der Waals surface area contributed by atoms with Gasteiger partial charge in [-0.2, -0.15) is 10.2 Å². The second-order valence-electron chi connectivity index (χ2n) is 2.94. The minimum atomic E-state index is 0.397. The molecule has 3 heteroatoms. The molecule has 1 heterocycles. The first-order chi connectivity index (χ1) is 6.90. The first-order valence-corrected chi connectivity index (χ1v) is 4.86. The van der Waals surface area contributed by atoms with Crippen LogP contribution in [0.4, 0.5) is 0 Å². The Balaban J connectivity index is 2.42. The van der Waals surface area contributed by atoms with Gasteiger partial charge in [0.15, 0.2) is 0 Å². The molecule has 0 N–H and O–H groups in total. The molecule has 0 aliphatic carbocycles. The number of halogens is 1. The van der Waals surface area contributed by atoms with E-state index in [1.165, 1.54) is 0 Å². The largest absolute Gasteiger partial charge is 0.158 e. The highest BCUT2D eigenvalue weighted by Gasteiger charge is 1.99. The van der Waals surface area contributed by atoms with Crippen molar-refractivity contribution >= 4 is 11.6 Å². The van der Waals surface area contributed by atoms with Gasteiger partial charge in [0.2, 0.25) is 0 Å². The van der Waals surface area contributed by atoms with Crippen LogP contribution in [-0.2, 0) is 5.88 Å². The molecule has 0 saturated heterocycles. The van der Waals surface area contributed by atoms with E-state index in [0.29, 0.717) is 5.88 Å². The summed E-state index contributed by atoms with van der Waals surface area (Å²) in [6.07, 6.45) is 1.74. The Labute approximate surface area is 87.6 Å². The van der Waals surface area contributed by atoms with Gasteiger partial charge in [-0.25, -0.2) is 0 Å². The highest BCUT2D eigenvalue weighted by Crippen LogP contribution is 2.18. The number of alkyl halides is 1. The molecular formula is C11H9ClN2. The lowest BCUT2D eigenvalue weighted by Crippen LogP contribution is -1.90. The summed E-state index contributed by atoms with van der Waals surface area (Å²) in [5.74, 6) is 0.397. The molecule has 0 aliphatic rings. The van der Waals surface area contributed by atoms with Crippen LogP contribution in [0.3, 0.4) is 0 Å². The highest BCUT2D eigenvalue weighted by atomic mass is 35.5. The Bertz CT molecular complexity index is 415. The lowest BCUT2D eigenvalue weighted by molar-refractivity contribution is 0.971. The number of hydrogen-bond acceptors (Lipinski definition) is 2. The fraction of sp³-hybridized carbons (Fsp3) is 0.0909. The van der Waals surface area contributed by atoms with Crippen molar-refractivity contribution in [2.24, 2.45) is 0 Å². The molecule has 2 nitrogen and oxygen atoms in total. The third-order valence-electron chi connectivity index (χ3n) is 1.95. The van der Waals surface area contributed by atoms with Gasteiger partial charge in [0, 0.05) is 5.56 Å². The Morgan fingerprint density at radius 3 is 2.57 bits per heavy atom. The van der Waals surface area contributed by atoms with Crippen molar-refractivity contribution in [1.82, 2.24) is 10.2 Å². The van der Waals surface area contributed by atoms with Crippen LogP contribution >= 0.6 is 11.6 Å². The van der Waals surface area contributed by atoms with E-state index in [-0.39, 0.29) is 0 Å². The SMILES string of the molecule is ClCc1cc(-c2ccccc2)cnn1. The van der Waals surface area contributed by atoms with E-state index in [0.717, 1.165) is 16.8 Å². The van der Waals surface area contributed by atoms with Crippen molar-refractivity contribution < 1.29 is 0 Å². The summed E-state index contributed by atoms with van der Waals surface area (Å²) in [7, 11) is 0. The van der Waals surface area contributed by atoms with Crippen LogP contribution in [0.5, 0.6) is 0 Å². The third-order valence-corrected chi connectivity index (χ3v) is 2.22. The highest BCUT2D eigenvalue weighted by molar-refractivity contribution is 6.16. The number of benzene rings is 1. The van der Waals surface area contributed by atoms with Gasteiger partial charge in [-0.3, -0.25) is 0 Å². The fourth-order valence-corrected chi connectivity index (χ4v) is 1.40. The first-order valence-electron chi connectivity index (χ1n) is 4.33. The molecule has 1 aromatic heterocycles. The summed E-state index contributed by atoms with van der Waals surface area (Å²) in [6, 6.07) is 12.0. The quantitative estimate of drug-likeness (QED) is 0.703. The van der Waals surface area contributed by atoms with Crippen molar-refractivity contribution in [2.75, 3.05) is 0 Å². The zero-order chi connectivity index (χ0) is 9.80. The van der Waals surface area contributed by atoms with Crippen LogP contribution < -0.4 is 0 Å². The van der Waals surface area contributed by atoms with Crippen molar-refractivity contribution in [3.8, 4) is 11.1 Å². The summed E-state index contributed by atoms with van der Waals surface area (Å²) < 4.78 is 0. The Kier molecular flexibility index (Phi) is 2.75. The first kappa shape index (κ1) is 9.16. The molecule has 0 aliphatic heterocycles. The van der Waals surface area contributed by atoms with Crippen LogP contribution in [-0.4, -0.2) is 10.2 Å². The number of aromatic nitrogens is 2. The molecule has 0 radical (unpaired) electrons. The number of hydrogen-bond donors (Lipinski definition) is 0. The van der Waals surface area contributed by atoms with Crippen LogP contribution in [0.1, 0.15) is 5.69 Å². The zero-order valence-corrected chi connectivity index (χ0v) is 8.28. The van der Waals surface area contributed by atoms with Gasteiger partial charge in [0.25, 0.3) is 0 Å². The van der Waals surface area contributed by atoms with Gasteiger partial charge < -0.3 is 0 Å². The molecule has 0 atom stereocenters. The third kappa shape index (κ3) is 1.91. The second-order valence-corrected chi connectivity index (χ2v) is 3.20. The van der Waals surface area contributed by atoms with Gasteiger partial charge in [-0.1, -0.05) is 30.3 Å². The van der Waals surface area contributed by atoms with Crippen LogP contribution in [0.15, 0.2) is 42.6 Å². The zero-order valence-electron chi connectivity index (χ0n) is 7.52. The number of nitrogens with zero attached hydrogens (tertiary/aromatic N) is 2. The number of rotatable bonds is 2. The lowest BCUT2D eigenvalue weighted by atomic mass is 10.1. The van der Waals surface area contributed by atoms with E-state index in [1.807, 2.05) is 36.4 Å². The fourth-order valence-electron chi connectivity index (χ4n) is 1.26. The molecule has 1 aromatic carbocycles. The maximum atomic E-state index is 5.68. The molecule has 2 rings (SSSR count). The molecule has 0 fully saturated rings. The predicted molar refractivity (Wildman–Crippen MR) is 57.0 cm³/mol. The van der Waals surface area contributed by atoms with E-state index in [1.54, 1.807) is 6.20 Å². The molecule has 0 amide bonds. The molecule has 2 aromatic rings. The molecule has 0 bridgehead atoms. The predicted octanol–water partition coefficient (Wildman–Crippen LogP) is 2.88. The minimum absolute atomic E-state index is 0.397. The van der Waals surface area contributed by atoms with Gasteiger partial charge >= 0.3 is 0 Å². The average Bonchev–Trinajstić information content (AvgIpc) is 2.30. The Hall–Kier alpha value is -1.41. The van der Waals surface area contributed by atoms with E-state index in [4.69, 9.17) is 11.6 Å². The summed E-state index contributed by atoms with van der Waals surface area (Å²) in [6.45, 7) is 0. The van der Waals surface area contributed by atoms with Crippen LogP contribution in [0.2, 0.25) is 0 Å². The maximum Gasteiger partial charge on any atom is 0.0784 e. The van der Waals surface area contributed by atoms with Crippen molar-refractivity contribution in [3.63, 3.8) is 0 Å². The van der Waals surface area contributed by atoms with Crippen molar-refractivity contribution in [3.05, 3.63) is 48.3 Å². The van der Waals surface area contributed by atoms with Gasteiger partial charge in [-0.05, 0) is 11.6 Å². The summed E-state index contributed by atoms with van der Waals surface area (Å²) in [4.78, 5) is 0. The maximum absolute atomic E-state index is 5.68. The van der Waals surface area contributed by atoms with E-state index < -0.39 is 0 Å².